The second-order valence-electron chi connectivity index (χ2n) is 8.34. The van der Waals surface area contributed by atoms with Crippen LogP contribution in [0, 0.1) is 5.92 Å². The van der Waals surface area contributed by atoms with E-state index in [1.54, 1.807) is 6.92 Å². The van der Waals surface area contributed by atoms with E-state index in [1.807, 2.05) is 0 Å². The lowest BCUT2D eigenvalue weighted by molar-refractivity contribution is -0.146. The molecular weight excluding hydrogens is 455 g/mol. The monoisotopic (exact) mass is 478 g/mol. The Balaban J connectivity index is 1.83. The number of hydrogen-bond acceptors (Lipinski definition) is 6. The minimum atomic E-state index is -4.52. The molecule has 1 aliphatic rings. The van der Waals surface area contributed by atoms with Crippen molar-refractivity contribution in [3.63, 3.8) is 0 Å². The number of alkyl halides is 5. The smallest absolute Gasteiger partial charge is 0.388 e. The van der Waals surface area contributed by atoms with Crippen LogP contribution in [0.15, 0.2) is 18.5 Å². The zero-order valence-electron chi connectivity index (χ0n) is 17.5. The summed E-state index contributed by atoms with van der Waals surface area (Å²) < 4.78 is 67.1. The van der Waals surface area contributed by atoms with E-state index >= 15 is 0 Å². The molecule has 3 rings (SSSR count). The van der Waals surface area contributed by atoms with Crippen LogP contribution in [0.2, 0.25) is 0 Å². The number of carbonyl (C=O) groups excluding carboxylic acids is 1. The average Bonchev–Trinajstić information content (AvgIpc) is 3.39. The summed E-state index contributed by atoms with van der Waals surface area (Å²) in [6, 6.07) is -1.54. The first-order valence-electron chi connectivity index (χ1n) is 9.88. The number of anilines is 1. The molecule has 1 amide bonds. The minimum Gasteiger partial charge on any atom is -0.388 e. The molecule has 6 nitrogen and oxygen atoms in total. The number of amides is 1. The average molecular weight is 478 g/mol. The van der Waals surface area contributed by atoms with Gasteiger partial charge in [0.1, 0.15) is 11.9 Å². The predicted molar refractivity (Wildman–Crippen MR) is 110 cm³/mol. The van der Waals surface area contributed by atoms with Gasteiger partial charge >= 0.3 is 6.18 Å². The summed E-state index contributed by atoms with van der Waals surface area (Å²) in [7, 11) is 0. The molecule has 2 atom stereocenters. The molecule has 0 unspecified atom stereocenters. The number of halogens is 5. The fourth-order valence-electron chi connectivity index (χ4n) is 2.93. The Kier molecular flexibility index (Phi) is 6.75. The van der Waals surface area contributed by atoms with Crippen molar-refractivity contribution < 1.29 is 31.9 Å². The highest BCUT2D eigenvalue weighted by atomic mass is 32.1. The van der Waals surface area contributed by atoms with Crippen LogP contribution in [0.25, 0.3) is 10.4 Å². The topological polar surface area (TPSA) is 87.1 Å². The summed E-state index contributed by atoms with van der Waals surface area (Å²) in [5.41, 5.74) is -1.72. The highest BCUT2D eigenvalue weighted by Gasteiger charge is 2.49. The van der Waals surface area contributed by atoms with Crippen molar-refractivity contribution >= 4 is 23.1 Å². The number of nitrogens with zero attached hydrogens (tertiary/aromatic N) is 2. The molecule has 0 aromatic carbocycles. The zero-order chi connectivity index (χ0) is 23.8. The van der Waals surface area contributed by atoms with Crippen molar-refractivity contribution in [2.75, 3.05) is 5.32 Å². The fraction of sp³-hybridized carbons (Fsp3) is 0.550. The molecule has 0 saturated heterocycles. The van der Waals surface area contributed by atoms with Gasteiger partial charge in [-0.2, -0.15) is 13.2 Å². The summed E-state index contributed by atoms with van der Waals surface area (Å²) >= 11 is 0.839. The van der Waals surface area contributed by atoms with Crippen LogP contribution >= 0.6 is 11.3 Å². The molecule has 2 aromatic rings. The van der Waals surface area contributed by atoms with Gasteiger partial charge in [0.25, 0.3) is 12.3 Å². The van der Waals surface area contributed by atoms with E-state index < -0.39 is 47.7 Å². The van der Waals surface area contributed by atoms with Gasteiger partial charge in [0.2, 0.25) is 0 Å². The Morgan fingerprint density at radius 3 is 2.41 bits per heavy atom. The van der Waals surface area contributed by atoms with E-state index in [4.69, 9.17) is 0 Å². The molecule has 12 heteroatoms. The summed E-state index contributed by atoms with van der Waals surface area (Å²) in [5.74, 6) is -1.47. The Hall–Kier alpha value is -2.34. The largest absolute Gasteiger partial charge is 0.408 e. The number of nitrogens with one attached hydrogen (secondary N) is 2. The van der Waals surface area contributed by atoms with E-state index in [2.05, 4.69) is 20.6 Å². The molecule has 0 bridgehead atoms. The molecule has 2 heterocycles. The number of hydrogen-bond donors (Lipinski definition) is 3. The van der Waals surface area contributed by atoms with E-state index in [1.165, 1.54) is 20.0 Å². The lowest BCUT2D eigenvalue weighted by Gasteiger charge is -2.26. The lowest BCUT2D eigenvalue weighted by atomic mass is 10.0. The standard InChI is InChI=1S/C20H23F5N4O2S/c1-9(19(2,3)31)28-17(30)18-27-8-13(32-18)12-7-26-14(6-11(12)16(21)22)29-15(10-4-5-10)20(23,24)25/h6-10,15-16,31H,4-5H2,1-3H3,(H,26,29)(H,28,30)/t9-,15-/m0/s1. The third-order valence-corrected chi connectivity index (χ3v) is 6.32. The van der Waals surface area contributed by atoms with Gasteiger partial charge in [0.15, 0.2) is 5.01 Å². The Labute approximate surface area is 185 Å². The number of aromatic nitrogens is 2. The lowest BCUT2D eigenvalue weighted by Crippen LogP contribution is -2.47. The first kappa shape index (κ1) is 24.3. The molecule has 1 saturated carbocycles. The van der Waals surface area contributed by atoms with Crippen molar-refractivity contribution in [1.82, 2.24) is 15.3 Å². The van der Waals surface area contributed by atoms with Gasteiger partial charge in [0, 0.05) is 23.5 Å². The number of rotatable bonds is 8. The van der Waals surface area contributed by atoms with Crippen molar-refractivity contribution in [3.05, 3.63) is 29.0 Å². The Morgan fingerprint density at radius 2 is 1.88 bits per heavy atom. The van der Waals surface area contributed by atoms with Gasteiger partial charge in [-0.25, -0.2) is 18.7 Å². The molecule has 0 aliphatic heterocycles. The highest BCUT2D eigenvalue weighted by molar-refractivity contribution is 7.17. The number of carbonyl (C=O) groups is 1. The van der Waals surface area contributed by atoms with Crippen LogP contribution in [0.1, 0.15) is 55.4 Å². The van der Waals surface area contributed by atoms with Crippen LogP contribution in [-0.4, -0.2) is 44.8 Å². The van der Waals surface area contributed by atoms with E-state index in [0.29, 0.717) is 12.8 Å². The number of thiazole rings is 1. The minimum absolute atomic E-state index is 0.00983. The van der Waals surface area contributed by atoms with E-state index in [9.17, 15) is 31.9 Å². The van der Waals surface area contributed by atoms with Crippen LogP contribution < -0.4 is 10.6 Å². The molecule has 0 spiro atoms. The summed E-state index contributed by atoms with van der Waals surface area (Å²) in [6.45, 7) is 4.65. The van der Waals surface area contributed by atoms with Crippen molar-refractivity contribution in [3.8, 4) is 10.4 Å². The Bertz CT molecular complexity index is 970. The molecule has 1 fully saturated rings. The van der Waals surface area contributed by atoms with E-state index in [-0.39, 0.29) is 21.3 Å². The maximum atomic E-state index is 13.7. The molecular formula is C20H23F5N4O2S. The van der Waals surface area contributed by atoms with Gasteiger partial charge in [-0.1, -0.05) is 0 Å². The van der Waals surface area contributed by atoms with Crippen molar-refractivity contribution in [1.29, 1.82) is 0 Å². The number of aliphatic hydroxyl groups is 1. The molecule has 176 valence electrons. The van der Waals surface area contributed by atoms with Gasteiger partial charge in [-0.05, 0) is 45.6 Å². The Morgan fingerprint density at radius 1 is 1.22 bits per heavy atom. The summed E-state index contributed by atoms with van der Waals surface area (Å²) in [6.07, 6.45) is -4.39. The van der Waals surface area contributed by atoms with Gasteiger partial charge in [-0.3, -0.25) is 4.79 Å². The number of pyridine rings is 1. The normalized spacial score (nSPS) is 16.7. The summed E-state index contributed by atoms with van der Waals surface area (Å²) in [4.78, 5) is 20.4. The highest BCUT2D eigenvalue weighted by Crippen LogP contribution is 2.42. The second kappa shape index (κ2) is 8.89. The van der Waals surface area contributed by atoms with E-state index in [0.717, 1.165) is 23.6 Å². The molecule has 3 N–H and O–H groups in total. The molecule has 2 aromatic heterocycles. The quantitative estimate of drug-likeness (QED) is 0.475. The van der Waals surface area contributed by atoms with Crippen LogP contribution in [0.3, 0.4) is 0 Å². The molecule has 32 heavy (non-hydrogen) atoms. The van der Waals surface area contributed by atoms with Crippen LogP contribution in [0.5, 0.6) is 0 Å². The van der Waals surface area contributed by atoms with Crippen LogP contribution in [0.4, 0.5) is 27.8 Å². The maximum Gasteiger partial charge on any atom is 0.408 e. The third kappa shape index (κ3) is 5.71. The summed E-state index contributed by atoms with van der Waals surface area (Å²) in [5, 5.41) is 14.8. The first-order valence-corrected chi connectivity index (χ1v) is 10.7. The van der Waals surface area contributed by atoms with Crippen molar-refractivity contribution in [2.24, 2.45) is 5.92 Å². The SMILES string of the molecule is C[C@H](NC(=O)c1ncc(-c2cnc(N[C@@H](C3CC3)C(F)(F)F)cc2C(F)F)s1)C(C)(C)O. The molecule has 1 aliphatic carbocycles. The fourth-order valence-corrected chi connectivity index (χ4v) is 3.78. The van der Waals surface area contributed by atoms with Crippen molar-refractivity contribution in [2.45, 2.75) is 63.9 Å². The molecule has 0 radical (unpaired) electrons. The van der Waals surface area contributed by atoms with Gasteiger partial charge in [-0.15, -0.1) is 11.3 Å². The maximum absolute atomic E-state index is 13.7. The predicted octanol–water partition coefficient (Wildman–Crippen LogP) is 4.78. The second-order valence-corrected chi connectivity index (χ2v) is 9.37. The van der Waals surface area contributed by atoms with Gasteiger partial charge in [0.05, 0.1) is 16.5 Å². The third-order valence-electron chi connectivity index (χ3n) is 5.29. The van der Waals surface area contributed by atoms with Crippen LogP contribution in [-0.2, 0) is 0 Å². The first-order chi connectivity index (χ1) is 14.8. The zero-order valence-corrected chi connectivity index (χ0v) is 18.3. The van der Waals surface area contributed by atoms with Gasteiger partial charge < -0.3 is 15.7 Å².